The normalized spacial score (nSPS) is 12.7. The van der Waals surface area contributed by atoms with E-state index in [2.05, 4.69) is 5.32 Å². The monoisotopic (exact) mass is 565 g/mol. The Labute approximate surface area is 238 Å². The van der Waals surface area contributed by atoms with Crippen molar-refractivity contribution in [1.29, 1.82) is 0 Å². The lowest BCUT2D eigenvalue weighted by atomic mass is 10.1. The number of nitrogens with zero attached hydrogens (tertiary/aromatic N) is 2. The zero-order chi connectivity index (χ0) is 29.3. The van der Waals surface area contributed by atoms with Crippen LogP contribution in [0.5, 0.6) is 5.75 Å². The highest BCUT2D eigenvalue weighted by molar-refractivity contribution is 7.92. The summed E-state index contributed by atoms with van der Waals surface area (Å²) in [6.45, 7) is 7.35. The predicted octanol–water partition coefficient (Wildman–Crippen LogP) is 4.92. The van der Waals surface area contributed by atoms with E-state index in [1.807, 2.05) is 52.0 Å². The molecule has 2 amide bonds. The lowest BCUT2D eigenvalue weighted by molar-refractivity contribution is -0.140. The average Bonchev–Trinajstić information content (AvgIpc) is 2.96. The second-order valence-corrected chi connectivity index (χ2v) is 11.6. The number of carbonyl (C=O) groups is 2. The van der Waals surface area contributed by atoms with E-state index in [1.165, 1.54) is 24.1 Å². The number of methoxy groups -OCH3 is 1. The molecule has 40 heavy (non-hydrogen) atoms. The van der Waals surface area contributed by atoms with Gasteiger partial charge in [-0.1, -0.05) is 67.9 Å². The summed E-state index contributed by atoms with van der Waals surface area (Å²) in [7, 11) is -2.64. The third kappa shape index (κ3) is 7.63. The number of sulfonamides is 1. The quantitative estimate of drug-likeness (QED) is 0.317. The summed E-state index contributed by atoms with van der Waals surface area (Å²) in [5, 5.41) is 2.99. The molecule has 0 radical (unpaired) electrons. The molecular weight excluding hydrogens is 526 g/mol. The molecule has 0 aliphatic heterocycles. The lowest BCUT2D eigenvalue weighted by Gasteiger charge is -2.33. The highest BCUT2D eigenvalue weighted by Gasteiger charge is 2.34. The van der Waals surface area contributed by atoms with Crippen LogP contribution in [0.1, 0.15) is 44.7 Å². The predicted molar refractivity (Wildman–Crippen MR) is 158 cm³/mol. The Kier molecular flexibility index (Phi) is 10.7. The number of benzene rings is 3. The molecule has 3 aromatic carbocycles. The molecule has 1 N–H and O–H groups in total. The summed E-state index contributed by atoms with van der Waals surface area (Å²) in [6, 6.07) is 21.4. The maximum atomic E-state index is 14.1. The first-order chi connectivity index (χ1) is 19.1. The van der Waals surface area contributed by atoms with Crippen molar-refractivity contribution in [2.75, 3.05) is 18.0 Å². The van der Waals surface area contributed by atoms with E-state index in [9.17, 15) is 18.0 Å². The van der Waals surface area contributed by atoms with Gasteiger partial charge in [0.05, 0.1) is 17.7 Å². The Morgan fingerprint density at radius 2 is 1.62 bits per heavy atom. The van der Waals surface area contributed by atoms with Gasteiger partial charge in [-0.05, 0) is 56.5 Å². The minimum atomic E-state index is -4.13. The maximum Gasteiger partial charge on any atom is 0.264 e. The van der Waals surface area contributed by atoms with Gasteiger partial charge in [0.15, 0.2) is 0 Å². The van der Waals surface area contributed by atoms with E-state index in [-0.39, 0.29) is 29.1 Å². The van der Waals surface area contributed by atoms with E-state index in [1.54, 1.807) is 42.5 Å². The molecule has 0 saturated heterocycles. The van der Waals surface area contributed by atoms with Crippen LogP contribution in [0.2, 0.25) is 0 Å². The molecule has 0 spiro atoms. The van der Waals surface area contributed by atoms with E-state index in [0.29, 0.717) is 12.2 Å². The second-order valence-electron chi connectivity index (χ2n) is 9.78. The molecular formula is C31H39N3O5S. The molecule has 0 bridgehead atoms. The Balaban J connectivity index is 2.07. The zero-order valence-electron chi connectivity index (χ0n) is 23.8. The van der Waals surface area contributed by atoms with Gasteiger partial charge in [0, 0.05) is 18.7 Å². The summed E-state index contributed by atoms with van der Waals surface area (Å²) in [4.78, 5) is 29.0. The number of amides is 2. The number of rotatable bonds is 13. The number of carbonyl (C=O) groups excluding carboxylic acids is 2. The SMILES string of the molecule is CCC(C)NC(=O)C(CC)N(Cc1cccc(C)c1)C(=O)CN(c1cccc(OC)c1)S(=O)(=O)c1ccccc1. The summed E-state index contributed by atoms with van der Waals surface area (Å²) < 4.78 is 34.2. The molecule has 8 nitrogen and oxygen atoms in total. The summed E-state index contributed by atoms with van der Waals surface area (Å²) >= 11 is 0. The Bertz CT molecular complexity index is 1390. The smallest absolute Gasteiger partial charge is 0.264 e. The first kappa shape index (κ1) is 30.7. The number of ether oxygens (including phenoxy) is 1. The molecule has 0 aromatic heterocycles. The van der Waals surface area contributed by atoms with Crippen molar-refractivity contribution < 1.29 is 22.7 Å². The summed E-state index contributed by atoms with van der Waals surface area (Å²) in [6.07, 6.45) is 1.11. The van der Waals surface area contributed by atoms with Crippen LogP contribution in [-0.4, -0.2) is 50.9 Å². The van der Waals surface area contributed by atoms with Crippen molar-refractivity contribution in [3.05, 3.63) is 90.0 Å². The first-order valence-electron chi connectivity index (χ1n) is 13.5. The molecule has 2 unspecified atom stereocenters. The Hall–Kier alpha value is -3.85. The van der Waals surface area contributed by atoms with Gasteiger partial charge in [-0.25, -0.2) is 8.42 Å². The van der Waals surface area contributed by atoms with E-state index >= 15 is 0 Å². The topological polar surface area (TPSA) is 96.0 Å². The van der Waals surface area contributed by atoms with Gasteiger partial charge < -0.3 is 15.0 Å². The fourth-order valence-corrected chi connectivity index (χ4v) is 5.81. The number of anilines is 1. The number of nitrogens with one attached hydrogen (secondary N) is 1. The molecule has 214 valence electrons. The van der Waals surface area contributed by atoms with Crippen LogP contribution in [0.25, 0.3) is 0 Å². The summed E-state index contributed by atoms with van der Waals surface area (Å²) in [5.41, 5.74) is 2.15. The van der Waals surface area contributed by atoms with Gasteiger partial charge >= 0.3 is 0 Å². The van der Waals surface area contributed by atoms with Crippen LogP contribution in [0, 0.1) is 6.92 Å². The molecule has 0 heterocycles. The molecule has 0 saturated carbocycles. The largest absolute Gasteiger partial charge is 0.497 e. The first-order valence-corrected chi connectivity index (χ1v) is 14.9. The molecule has 9 heteroatoms. The van der Waals surface area contributed by atoms with Crippen LogP contribution in [0.4, 0.5) is 5.69 Å². The van der Waals surface area contributed by atoms with Crippen molar-refractivity contribution in [2.24, 2.45) is 0 Å². The second kappa shape index (κ2) is 14.0. The van der Waals surface area contributed by atoms with Crippen LogP contribution < -0.4 is 14.4 Å². The molecule has 2 atom stereocenters. The minimum Gasteiger partial charge on any atom is -0.497 e. The van der Waals surface area contributed by atoms with Crippen LogP contribution >= 0.6 is 0 Å². The number of aryl methyl sites for hydroxylation is 1. The van der Waals surface area contributed by atoms with Crippen molar-refractivity contribution in [3.63, 3.8) is 0 Å². The van der Waals surface area contributed by atoms with E-state index in [0.717, 1.165) is 21.9 Å². The molecule has 3 rings (SSSR count). The Morgan fingerprint density at radius 1 is 0.925 bits per heavy atom. The van der Waals surface area contributed by atoms with Gasteiger partial charge in [0.1, 0.15) is 18.3 Å². The fourth-order valence-electron chi connectivity index (χ4n) is 4.38. The van der Waals surface area contributed by atoms with Gasteiger partial charge in [-0.2, -0.15) is 0 Å². The molecule has 0 aliphatic carbocycles. The van der Waals surface area contributed by atoms with Crippen molar-refractivity contribution in [2.45, 2.75) is 64.1 Å². The molecule has 0 fully saturated rings. The molecule has 3 aromatic rings. The van der Waals surface area contributed by atoms with Gasteiger partial charge in [0.2, 0.25) is 11.8 Å². The fraction of sp³-hybridized carbons (Fsp3) is 0.355. The van der Waals surface area contributed by atoms with E-state index in [4.69, 9.17) is 4.74 Å². The number of hydrogen-bond acceptors (Lipinski definition) is 5. The zero-order valence-corrected chi connectivity index (χ0v) is 24.6. The van der Waals surface area contributed by atoms with Crippen molar-refractivity contribution >= 4 is 27.5 Å². The Morgan fingerprint density at radius 3 is 2.25 bits per heavy atom. The minimum absolute atomic E-state index is 0.0532. The lowest BCUT2D eigenvalue weighted by Crippen LogP contribution is -2.53. The van der Waals surface area contributed by atoms with Crippen molar-refractivity contribution in [1.82, 2.24) is 10.2 Å². The van der Waals surface area contributed by atoms with Crippen molar-refractivity contribution in [3.8, 4) is 5.75 Å². The van der Waals surface area contributed by atoms with Gasteiger partial charge in [-0.3, -0.25) is 13.9 Å². The van der Waals surface area contributed by atoms with Gasteiger partial charge in [-0.15, -0.1) is 0 Å². The standard InChI is InChI=1S/C31H39N3O5S/c1-6-24(4)32-31(36)29(7-2)33(21-25-14-11-13-23(3)19-25)30(35)22-34(26-15-12-16-27(20-26)39-5)40(37,38)28-17-9-8-10-18-28/h8-20,24,29H,6-7,21-22H2,1-5H3,(H,32,36). The van der Waals surface area contributed by atoms with Gasteiger partial charge in [0.25, 0.3) is 10.0 Å². The average molecular weight is 566 g/mol. The van der Waals surface area contributed by atoms with Crippen LogP contribution in [0.15, 0.2) is 83.8 Å². The third-order valence-electron chi connectivity index (χ3n) is 6.77. The molecule has 0 aliphatic rings. The van der Waals surface area contributed by atoms with E-state index < -0.39 is 28.5 Å². The maximum absolute atomic E-state index is 14.1. The highest BCUT2D eigenvalue weighted by atomic mass is 32.2. The third-order valence-corrected chi connectivity index (χ3v) is 8.56. The van der Waals surface area contributed by atoms with Crippen LogP contribution in [0.3, 0.4) is 0 Å². The highest BCUT2D eigenvalue weighted by Crippen LogP contribution is 2.27. The summed E-state index contributed by atoms with van der Waals surface area (Å²) in [5.74, 6) is -0.305. The number of hydrogen-bond donors (Lipinski definition) is 1. The van der Waals surface area contributed by atoms with Crippen LogP contribution in [-0.2, 0) is 26.2 Å².